The zero-order chi connectivity index (χ0) is 27.3. The minimum Gasteiger partial charge on any atom is -0.489 e. The fourth-order valence-corrected chi connectivity index (χ4v) is 6.26. The van der Waals surface area contributed by atoms with E-state index >= 15 is 0 Å². The number of carbonyl (C=O) groups excluding carboxylic acids is 3. The highest BCUT2D eigenvalue weighted by atomic mass is 19.4. The van der Waals surface area contributed by atoms with Gasteiger partial charge in [-0.25, -0.2) is 0 Å². The van der Waals surface area contributed by atoms with Crippen LogP contribution in [0, 0.1) is 0 Å². The van der Waals surface area contributed by atoms with E-state index in [1.807, 2.05) is 6.07 Å². The lowest BCUT2D eigenvalue weighted by Crippen LogP contribution is -2.57. The summed E-state index contributed by atoms with van der Waals surface area (Å²) in [5.41, 5.74) is 1.21. The number of alkyl halides is 3. The molecule has 3 fully saturated rings. The van der Waals surface area contributed by atoms with Crippen molar-refractivity contribution in [1.29, 1.82) is 0 Å². The maximum absolute atomic E-state index is 13.1. The van der Waals surface area contributed by atoms with Gasteiger partial charge in [-0.05, 0) is 61.1 Å². The first-order chi connectivity index (χ1) is 18.7. The Morgan fingerprint density at radius 1 is 1.00 bits per heavy atom. The van der Waals surface area contributed by atoms with Crippen molar-refractivity contribution in [3.8, 4) is 5.75 Å². The van der Waals surface area contributed by atoms with Crippen LogP contribution in [0.25, 0.3) is 0 Å². The summed E-state index contributed by atoms with van der Waals surface area (Å²) in [7, 11) is 0. The Hall–Kier alpha value is -3.47. The molecule has 39 heavy (non-hydrogen) atoms. The predicted octanol–water partition coefficient (Wildman–Crippen LogP) is 3.65. The van der Waals surface area contributed by atoms with Crippen molar-refractivity contribution in [2.75, 3.05) is 13.1 Å². The lowest BCUT2D eigenvalue weighted by Gasteiger charge is -2.48. The van der Waals surface area contributed by atoms with Crippen LogP contribution in [0.4, 0.5) is 13.2 Å². The number of fused-ring (bicyclic) bond motifs is 1. The van der Waals surface area contributed by atoms with Gasteiger partial charge in [0.15, 0.2) is 0 Å². The van der Waals surface area contributed by atoms with Gasteiger partial charge in [0.1, 0.15) is 17.9 Å². The maximum atomic E-state index is 13.1. The van der Waals surface area contributed by atoms with Crippen LogP contribution >= 0.6 is 0 Å². The second-order valence-corrected chi connectivity index (χ2v) is 10.9. The van der Waals surface area contributed by atoms with Crippen LogP contribution in [0.5, 0.6) is 5.75 Å². The van der Waals surface area contributed by atoms with E-state index in [2.05, 4.69) is 15.2 Å². The van der Waals surface area contributed by atoms with Crippen LogP contribution in [-0.4, -0.2) is 63.8 Å². The molecule has 206 valence electrons. The molecule has 1 aromatic carbocycles. The molecule has 3 aliphatic heterocycles. The van der Waals surface area contributed by atoms with Crippen LogP contribution in [0.2, 0.25) is 0 Å². The van der Waals surface area contributed by atoms with Gasteiger partial charge in [0.25, 0.3) is 5.91 Å². The zero-order valence-electron chi connectivity index (χ0n) is 21.2. The van der Waals surface area contributed by atoms with Crippen molar-refractivity contribution in [1.82, 2.24) is 20.1 Å². The average molecular weight is 543 g/mol. The molecule has 1 N–H and O–H groups in total. The lowest BCUT2D eigenvalue weighted by molar-refractivity contribution is -0.138. The number of nitrogens with zero attached hydrogens (tertiary/aromatic N) is 3. The minimum atomic E-state index is -4.41. The predicted molar refractivity (Wildman–Crippen MR) is 133 cm³/mol. The largest absolute Gasteiger partial charge is 0.489 e. The highest BCUT2D eigenvalue weighted by Crippen LogP contribution is 2.38. The van der Waals surface area contributed by atoms with Gasteiger partial charge in [-0.2, -0.15) is 13.2 Å². The number of hydrogen-bond acceptors (Lipinski definition) is 6. The van der Waals surface area contributed by atoms with Crippen molar-refractivity contribution in [2.24, 2.45) is 0 Å². The van der Waals surface area contributed by atoms with E-state index in [9.17, 15) is 27.6 Å². The minimum absolute atomic E-state index is 0.00616. The van der Waals surface area contributed by atoms with E-state index in [1.165, 1.54) is 17.2 Å². The first-order valence-corrected chi connectivity index (χ1v) is 13.4. The average Bonchev–Trinajstić information content (AvgIpc) is 3.19. The number of hydrogen-bond donors (Lipinski definition) is 1. The van der Waals surface area contributed by atoms with Gasteiger partial charge >= 0.3 is 6.18 Å². The summed E-state index contributed by atoms with van der Waals surface area (Å²) in [6.07, 6.45) is 2.34. The third-order valence-corrected chi connectivity index (χ3v) is 8.39. The topological polar surface area (TPSA) is 91.8 Å². The zero-order valence-corrected chi connectivity index (χ0v) is 21.2. The fraction of sp³-hybridized carbons (Fsp3) is 0.500. The summed E-state index contributed by atoms with van der Waals surface area (Å²) in [5.74, 6) is -0.326. The normalized spacial score (nSPS) is 26.3. The monoisotopic (exact) mass is 542 g/mol. The Balaban J connectivity index is 1.11. The second kappa shape index (κ2) is 9.93. The molecule has 11 heteroatoms. The molecule has 1 aliphatic carbocycles. The summed E-state index contributed by atoms with van der Waals surface area (Å²) in [4.78, 5) is 44.4. The van der Waals surface area contributed by atoms with Crippen molar-refractivity contribution in [3.05, 3.63) is 58.9 Å². The first kappa shape index (κ1) is 25.8. The molecule has 6 rings (SSSR count). The van der Waals surface area contributed by atoms with Gasteiger partial charge in [-0.15, -0.1) is 0 Å². The fourth-order valence-electron chi connectivity index (χ4n) is 6.26. The van der Waals surface area contributed by atoms with Crippen molar-refractivity contribution >= 4 is 17.7 Å². The van der Waals surface area contributed by atoms with Crippen molar-refractivity contribution in [3.63, 3.8) is 0 Å². The van der Waals surface area contributed by atoms with Gasteiger partial charge in [-0.1, -0.05) is 6.42 Å². The van der Waals surface area contributed by atoms with Crippen molar-refractivity contribution in [2.45, 2.75) is 75.4 Å². The molecule has 1 saturated carbocycles. The molecule has 2 aromatic rings. The number of halogens is 3. The molecular weight excluding hydrogens is 513 g/mol. The Morgan fingerprint density at radius 2 is 1.79 bits per heavy atom. The Labute approximate surface area is 223 Å². The lowest BCUT2D eigenvalue weighted by atomic mass is 9.84. The number of rotatable bonds is 5. The van der Waals surface area contributed by atoms with Gasteiger partial charge in [0.2, 0.25) is 11.8 Å². The summed E-state index contributed by atoms with van der Waals surface area (Å²) in [6.45, 7) is 1.60. The van der Waals surface area contributed by atoms with Gasteiger partial charge in [0, 0.05) is 56.0 Å². The highest BCUT2D eigenvalue weighted by molar-refractivity contribution is 6.05. The quantitative estimate of drug-likeness (QED) is 0.580. The van der Waals surface area contributed by atoms with Gasteiger partial charge in [0.05, 0.1) is 5.56 Å². The molecular formula is C28H29F3N4O4. The van der Waals surface area contributed by atoms with E-state index in [4.69, 9.17) is 4.74 Å². The molecule has 4 heterocycles. The molecule has 8 nitrogen and oxygen atoms in total. The molecule has 0 spiro atoms. The van der Waals surface area contributed by atoms with E-state index in [0.717, 1.165) is 37.4 Å². The number of imide groups is 1. The number of amides is 3. The summed E-state index contributed by atoms with van der Waals surface area (Å²) in [5, 5.41) is 2.31. The third kappa shape index (κ3) is 4.99. The van der Waals surface area contributed by atoms with Crippen LogP contribution < -0.4 is 10.1 Å². The van der Waals surface area contributed by atoms with E-state index in [0.29, 0.717) is 36.4 Å². The number of likely N-dealkylation sites (tertiary alicyclic amines) is 1. The standard InChI is InChI=1S/C28H29F3N4O4/c29-28(30,31)19-9-16(11-32-12-19)18-13-34(14-18)22-3-1-2-4-24(22)39-20-5-6-21-17(10-20)15-35(27(21)38)23-7-8-25(36)33-26(23)37/h5-6,9-12,18,22-24H,1-4,7-8,13-15H2,(H,33,36,37)/t22-,23?,24+/m0/s1. The summed E-state index contributed by atoms with van der Waals surface area (Å²) < 4.78 is 45.8. The summed E-state index contributed by atoms with van der Waals surface area (Å²) in [6, 6.07) is 6.07. The highest BCUT2D eigenvalue weighted by Gasteiger charge is 2.42. The number of nitrogens with one attached hydrogen (secondary N) is 1. The SMILES string of the molecule is O=C1CCC(N2Cc3cc(O[C@@H]4CCCC[C@@H]4N4CC(c5cncc(C(F)(F)F)c5)C4)ccc3C2=O)C(=O)N1. The third-order valence-electron chi connectivity index (χ3n) is 8.39. The second-order valence-electron chi connectivity index (χ2n) is 10.9. The molecule has 1 unspecified atom stereocenters. The number of carbonyl (C=O) groups is 3. The van der Waals surface area contributed by atoms with E-state index in [-0.39, 0.29) is 42.8 Å². The molecule has 0 radical (unpaired) electrons. The van der Waals surface area contributed by atoms with Gasteiger partial charge in [-0.3, -0.25) is 29.6 Å². The van der Waals surface area contributed by atoms with Gasteiger partial charge < -0.3 is 9.64 Å². The van der Waals surface area contributed by atoms with E-state index < -0.39 is 23.7 Å². The first-order valence-electron chi connectivity index (χ1n) is 13.4. The number of ether oxygens (including phenoxy) is 1. The van der Waals surface area contributed by atoms with Crippen LogP contribution in [0.3, 0.4) is 0 Å². The Bertz CT molecular complexity index is 1310. The maximum Gasteiger partial charge on any atom is 0.417 e. The molecule has 3 atom stereocenters. The van der Waals surface area contributed by atoms with Crippen molar-refractivity contribution < 1.29 is 32.3 Å². The van der Waals surface area contributed by atoms with Crippen LogP contribution in [0.15, 0.2) is 36.7 Å². The molecule has 2 saturated heterocycles. The number of benzene rings is 1. The Morgan fingerprint density at radius 3 is 2.56 bits per heavy atom. The Kier molecular flexibility index (Phi) is 6.57. The molecule has 4 aliphatic rings. The molecule has 3 amide bonds. The van der Waals surface area contributed by atoms with Crippen LogP contribution in [0.1, 0.15) is 71.5 Å². The number of pyridine rings is 1. The smallest absolute Gasteiger partial charge is 0.417 e. The molecule has 1 aromatic heterocycles. The molecule has 0 bridgehead atoms. The van der Waals surface area contributed by atoms with E-state index in [1.54, 1.807) is 12.1 Å². The number of piperidine rings is 1. The summed E-state index contributed by atoms with van der Waals surface area (Å²) >= 11 is 0. The number of aromatic nitrogens is 1. The van der Waals surface area contributed by atoms with Crippen LogP contribution in [-0.2, 0) is 22.3 Å².